The third-order valence-electron chi connectivity index (χ3n) is 8.09. The van der Waals surface area contributed by atoms with Crippen LogP contribution in [0.2, 0.25) is 0 Å². The first-order chi connectivity index (χ1) is 16.7. The minimum absolute atomic E-state index is 0. The van der Waals surface area contributed by atoms with E-state index in [0.717, 1.165) is 22.4 Å². The Balaban J connectivity index is 0.00000361. The van der Waals surface area contributed by atoms with Gasteiger partial charge in [0.2, 0.25) is 0 Å². The molecule has 2 saturated carbocycles. The number of benzene rings is 2. The van der Waals surface area contributed by atoms with Crippen molar-refractivity contribution in [2.45, 2.75) is 120 Å². The van der Waals surface area contributed by atoms with Crippen LogP contribution in [0.1, 0.15) is 115 Å². The van der Waals surface area contributed by atoms with Crippen LogP contribution in [-0.2, 0) is 10.1 Å². The van der Waals surface area contributed by atoms with Crippen molar-refractivity contribution in [3.8, 4) is 11.1 Å². The number of hydrogen-bond acceptors (Lipinski definition) is 3. The van der Waals surface area contributed by atoms with Gasteiger partial charge >= 0.3 is 29.6 Å². The van der Waals surface area contributed by atoms with E-state index in [1.807, 2.05) is 19.9 Å². The Kier molecular flexibility index (Phi) is 11.1. The van der Waals surface area contributed by atoms with Crippen molar-refractivity contribution < 1.29 is 42.5 Å². The first kappa shape index (κ1) is 30.3. The van der Waals surface area contributed by atoms with Gasteiger partial charge in [-0.3, -0.25) is 0 Å². The monoisotopic (exact) mass is 536 g/mol. The molecular formula is C30H42NaO3PS. The van der Waals surface area contributed by atoms with E-state index in [4.69, 9.17) is 0 Å². The average Bonchev–Trinajstić information content (AvgIpc) is 2.84. The summed E-state index contributed by atoms with van der Waals surface area (Å²) in [6.45, 7) is 8.38. The van der Waals surface area contributed by atoms with Crippen molar-refractivity contribution in [3.63, 3.8) is 0 Å². The van der Waals surface area contributed by atoms with Gasteiger partial charge in [-0.05, 0) is 82.5 Å². The molecule has 0 spiro atoms. The minimum Gasteiger partial charge on any atom is -0.744 e. The van der Waals surface area contributed by atoms with Gasteiger partial charge in [0.05, 0.1) is 4.90 Å². The van der Waals surface area contributed by atoms with Gasteiger partial charge in [-0.2, -0.15) is 0 Å². The number of rotatable bonds is 7. The van der Waals surface area contributed by atoms with E-state index in [9.17, 15) is 13.0 Å². The predicted molar refractivity (Wildman–Crippen MR) is 148 cm³/mol. The maximum Gasteiger partial charge on any atom is 1.00 e. The summed E-state index contributed by atoms with van der Waals surface area (Å²) in [5.74, 6) is 0.167. The molecule has 2 aromatic carbocycles. The molecule has 0 aliphatic heterocycles. The molecule has 2 aliphatic rings. The minimum atomic E-state index is -4.57. The van der Waals surface area contributed by atoms with Gasteiger partial charge in [-0.25, -0.2) is 8.42 Å². The van der Waals surface area contributed by atoms with Crippen LogP contribution in [0.4, 0.5) is 0 Å². The van der Waals surface area contributed by atoms with Crippen molar-refractivity contribution in [2.75, 3.05) is 0 Å². The van der Waals surface area contributed by atoms with Gasteiger partial charge < -0.3 is 4.55 Å². The molecule has 0 atom stereocenters. The van der Waals surface area contributed by atoms with E-state index >= 15 is 0 Å². The Morgan fingerprint density at radius 3 is 1.78 bits per heavy atom. The molecule has 0 unspecified atom stereocenters. The zero-order valence-corrected chi connectivity index (χ0v) is 26.6. The molecule has 0 heterocycles. The van der Waals surface area contributed by atoms with Gasteiger partial charge in [0, 0.05) is 0 Å². The van der Waals surface area contributed by atoms with Gasteiger partial charge in [0.15, 0.2) is 0 Å². The predicted octanol–water partition coefficient (Wildman–Crippen LogP) is 5.28. The molecule has 36 heavy (non-hydrogen) atoms. The molecule has 0 amide bonds. The van der Waals surface area contributed by atoms with Crippen LogP contribution in [-0.4, -0.2) is 24.3 Å². The third-order valence-corrected chi connectivity index (χ3v) is 12.5. The molecule has 0 aromatic heterocycles. The van der Waals surface area contributed by atoms with Crippen molar-refractivity contribution in [1.29, 1.82) is 0 Å². The molecular weight excluding hydrogens is 494 g/mol. The molecule has 6 heteroatoms. The smallest absolute Gasteiger partial charge is 0.744 e. The van der Waals surface area contributed by atoms with E-state index in [1.165, 1.54) is 75.1 Å². The maximum atomic E-state index is 12.4. The van der Waals surface area contributed by atoms with Gasteiger partial charge in [-0.1, -0.05) is 104 Å². The summed E-state index contributed by atoms with van der Waals surface area (Å²) in [7, 11) is -4.94. The molecule has 4 rings (SSSR count). The second kappa shape index (κ2) is 13.2. The summed E-state index contributed by atoms with van der Waals surface area (Å²) >= 11 is 0. The Labute approximate surface area is 243 Å². The molecule has 0 N–H and O–H groups in total. The van der Waals surface area contributed by atoms with Gasteiger partial charge in [0.1, 0.15) is 10.1 Å². The summed E-state index contributed by atoms with van der Waals surface area (Å²) in [6.07, 6.45) is 13.3. The average molecular weight is 537 g/mol. The van der Waals surface area contributed by atoms with Crippen LogP contribution in [0.15, 0.2) is 41.3 Å². The Morgan fingerprint density at radius 2 is 1.31 bits per heavy atom. The van der Waals surface area contributed by atoms with Gasteiger partial charge in [0.25, 0.3) is 0 Å². The zero-order chi connectivity index (χ0) is 25.2. The van der Waals surface area contributed by atoms with E-state index in [2.05, 4.69) is 38.1 Å². The third kappa shape index (κ3) is 6.67. The maximum absolute atomic E-state index is 12.4. The van der Waals surface area contributed by atoms with E-state index < -0.39 is 10.1 Å². The molecule has 0 radical (unpaired) electrons. The van der Waals surface area contributed by atoms with Crippen molar-refractivity contribution >= 4 is 23.3 Å². The first-order valence-corrected chi connectivity index (χ1v) is 16.6. The molecule has 2 fully saturated rings. The number of hydrogen-bond donors (Lipinski definition) is 0. The Morgan fingerprint density at radius 1 is 0.778 bits per heavy atom. The van der Waals surface area contributed by atoms with Crippen molar-refractivity contribution in [2.24, 2.45) is 0 Å². The largest absolute Gasteiger partial charge is 1.00 e. The Bertz CT molecular complexity index is 1100. The second-order valence-electron chi connectivity index (χ2n) is 11.2. The summed E-state index contributed by atoms with van der Waals surface area (Å²) in [5.41, 5.74) is 5.56. The van der Waals surface area contributed by atoms with E-state index in [0.29, 0.717) is 5.56 Å². The quantitative estimate of drug-likeness (QED) is 0.275. The van der Waals surface area contributed by atoms with E-state index in [-0.39, 0.29) is 54.2 Å². The summed E-state index contributed by atoms with van der Waals surface area (Å²) in [4.78, 5) is -0.0404. The SMILES string of the molecule is CC(C)c1ccc(S(=O)(=O)[O-])c(C(C)C)c1-c1ccccc1P(C1CCCCC1)C1CCCCC1.[Na+]. The summed E-state index contributed by atoms with van der Waals surface area (Å²) < 4.78 is 37.2. The summed E-state index contributed by atoms with van der Waals surface area (Å²) in [6, 6.07) is 12.3. The molecule has 2 aliphatic carbocycles. The fraction of sp³-hybridized carbons (Fsp3) is 0.600. The molecule has 192 valence electrons. The normalized spacial score (nSPS) is 18.1. The Hall–Kier alpha value is -0.220. The van der Waals surface area contributed by atoms with Crippen LogP contribution in [0.5, 0.6) is 0 Å². The molecule has 3 nitrogen and oxygen atoms in total. The van der Waals surface area contributed by atoms with Crippen LogP contribution in [0.3, 0.4) is 0 Å². The van der Waals surface area contributed by atoms with Gasteiger partial charge in [-0.15, -0.1) is 0 Å². The molecule has 2 aromatic rings. The second-order valence-corrected chi connectivity index (χ2v) is 15.3. The standard InChI is InChI=1S/C30H43O3PS.Na/c1-21(2)25-19-20-28(35(31,32)33)29(22(3)4)30(25)26-17-11-12-18-27(26)34(23-13-7-5-8-14-23)24-15-9-6-10-16-24;/h11-12,17-24H,5-10,13-16H2,1-4H3,(H,31,32,33);/q;+1/p-1. The summed E-state index contributed by atoms with van der Waals surface area (Å²) in [5, 5.41) is 1.45. The fourth-order valence-corrected chi connectivity index (χ4v) is 11.3. The van der Waals surface area contributed by atoms with E-state index in [1.54, 1.807) is 6.07 Å². The first-order valence-electron chi connectivity index (χ1n) is 13.7. The zero-order valence-electron chi connectivity index (χ0n) is 22.9. The van der Waals surface area contributed by atoms with Crippen molar-refractivity contribution in [1.82, 2.24) is 0 Å². The topological polar surface area (TPSA) is 57.2 Å². The molecule has 0 bridgehead atoms. The van der Waals surface area contributed by atoms with Crippen LogP contribution >= 0.6 is 7.92 Å². The van der Waals surface area contributed by atoms with Crippen molar-refractivity contribution in [3.05, 3.63) is 47.5 Å². The van der Waals surface area contributed by atoms with Crippen LogP contribution in [0.25, 0.3) is 11.1 Å². The fourth-order valence-electron chi connectivity index (χ4n) is 6.51. The van der Waals surface area contributed by atoms with Crippen LogP contribution in [0, 0.1) is 0 Å². The van der Waals surface area contributed by atoms with Crippen LogP contribution < -0.4 is 34.9 Å². The molecule has 0 saturated heterocycles.